The number of benzene rings is 1. The molecule has 1 aliphatic heterocycles. The van der Waals surface area contributed by atoms with Crippen LogP contribution in [-0.2, 0) is 19.9 Å². The Labute approximate surface area is 115 Å². The average Bonchev–Trinajstić information content (AvgIpc) is 2.28. The Bertz CT molecular complexity index is 640. The third-order valence-electron chi connectivity index (χ3n) is 2.74. The summed E-state index contributed by atoms with van der Waals surface area (Å²) in [4.78, 5) is 0.177. The lowest BCUT2D eigenvalue weighted by Gasteiger charge is -2.25. The van der Waals surface area contributed by atoms with Gasteiger partial charge >= 0.3 is 0 Å². The molecule has 0 radical (unpaired) electrons. The van der Waals surface area contributed by atoms with Crippen LogP contribution in [0.25, 0.3) is 0 Å². The lowest BCUT2D eigenvalue weighted by atomic mass is 10.4. The number of hydrogen-bond acceptors (Lipinski definition) is 4. The van der Waals surface area contributed by atoms with Crippen molar-refractivity contribution in [1.82, 2.24) is 4.31 Å². The minimum Gasteiger partial charge on any atom is -0.229 e. The molecule has 0 aliphatic carbocycles. The molecule has 18 heavy (non-hydrogen) atoms. The first kappa shape index (κ1) is 14.0. The molecule has 0 saturated carbocycles. The molecule has 1 heterocycles. The van der Waals surface area contributed by atoms with Crippen LogP contribution in [0.4, 0.5) is 0 Å². The van der Waals surface area contributed by atoms with Crippen LogP contribution < -0.4 is 0 Å². The summed E-state index contributed by atoms with van der Waals surface area (Å²) >= 11 is 3.22. The monoisotopic (exact) mass is 353 g/mol. The van der Waals surface area contributed by atoms with E-state index in [1.807, 2.05) is 0 Å². The van der Waals surface area contributed by atoms with Crippen molar-refractivity contribution < 1.29 is 16.8 Å². The van der Waals surface area contributed by atoms with Gasteiger partial charge in [0.2, 0.25) is 10.0 Å². The summed E-state index contributed by atoms with van der Waals surface area (Å²) in [6.07, 6.45) is 0. The zero-order chi connectivity index (χ0) is 13.4. The van der Waals surface area contributed by atoms with Gasteiger partial charge in [-0.1, -0.05) is 22.0 Å². The Hall–Kier alpha value is -0.440. The van der Waals surface area contributed by atoms with Crippen LogP contribution >= 0.6 is 15.9 Å². The number of sulfonamides is 1. The minimum absolute atomic E-state index is 0.0250. The van der Waals surface area contributed by atoms with Gasteiger partial charge in [0.15, 0.2) is 9.84 Å². The third-order valence-corrected chi connectivity index (χ3v) is 6.73. The summed E-state index contributed by atoms with van der Waals surface area (Å²) in [6.45, 7) is 0.0500. The van der Waals surface area contributed by atoms with E-state index < -0.39 is 19.9 Å². The van der Waals surface area contributed by atoms with Crippen LogP contribution in [0.2, 0.25) is 0 Å². The minimum atomic E-state index is -3.60. The van der Waals surface area contributed by atoms with E-state index in [1.165, 1.54) is 16.4 Å². The van der Waals surface area contributed by atoms with Crippen LogP contribution in [0.3, 0.4) is 0 Å². The Kier molecular flexibility index (Phi) is 3.82. The smallest absolute Gasteiger partial charge is 0.229 e. The highest BCUT2D eigenvalue weighted by Gasteiger charge is 2.31. The molecule has 1 aliphatic rings. The summed E-state index contributed by atoms with van der Waals surface area (Å²) in [5.41, 5.74) is 0. The SMILES string of the molecule is O=S1(=O)CCN(S(=O)(=O)c2cccc(Br)c2)CC1. The summed E-state index contributed by atoms with van der Waals surface area (Å²) in [5.74, 6) is -0.222. The second-order valence-corrected chi connectivity index (χ2v) is 9.17. The molecule has 2 rings (SSSR count). The fourth-order valence-corrected chi connectivity index (χ4v) is 5.18. The highest BCUT2D eigenvalue weighted by molar-refractivity contribution is 9.10. The molecule has 0 unspecified atom stereocenters. The first-order chi connectivity index (χ1) is 8.31. The van der Waals surface area contributed by atoms with E-state index in [-0.39, 0.29) is 29.5 Å². The molecule has 0 bridgehead atoms. The summed E-state index contributed by atoms with van der Waals surface area (Å²) in [7, 11) is -6.68. The molecule has 5 nitrogen and oxygen atoms in total. The van der Waals surface area contributed by atoms with Crippen molar-refractivity contribution in [3.63, 3.8) is 0 Å². The second-order valence-electron chi connectivity index (χ2n) is 4.01. The normalized spacial score (nSPS) is 20.7. The average molecular weight is 354 g/mol. The molecule has 0 N–H and O–H groups in total. The summed E-state index contributed by atoms with van der Waals surface area (Å²) in [6, 6.07) is 6.39. The van der Waals surface area contributed by atoms with Crippen LogP contribution in [0.15, 0.2) is 33.6 Å². The molecular formula is C10H12BrNO4S2. The second kappa shape index (κ2) is 4.92. The first-order valence-corrected chi connectivity index (χ1v) is 9.33. The Morgan fingerprint density at radius 3 is 2.33 bits per heavy atom. The van der Waals surface area contributed by atoms with E-state index >= 15 is 0 Å². The Morgan fingerprint density at radius 2 is 1.78 bits per heavy atom. The molecule has 8 heteroatoms. The molecule has 0 atom stereocenters. The van der Waals surface area contributed by atoms with Gasteiger partial charge in [-0.15, -0.1) is 0 Å². The number of hydrogen-bond donors (Lipinski definition) is 0. The molecular weight excluding hydrogens is 342 g/mol. The van der Waals surface area contributed by atoms with Gasteiger partial charge in [-0.2, -0.15) is 4.31 Å². The quantitative estimate of drug-likeness (QED) is 0.790. The van der Waals surface area contributed by atoms with Crippen LogP contribution in [-0.4, -0.2) is 45.7 Å². The maximum Gasteiger partial charge on any atom is 0.243 e. The number of sulfone groups is 1. The zero-order valence-electron chi connectivity index (χ0n) is 9.41. The van der Waals surface area contributed by atoms with E-state index in [0.29, 0.717) is 4.47 Å². The van der Waals surface area contributed by atoms with Gasteiger partial charge in [-0.05, 0) is 18.2 Å². The third kappa shape index (κ3) is 2.93. The van der Waals surface area contributed by atoms with Crippen LogP contribution in [0.1, 0.15) is 0 Å². The lowest BCUT2D eigenvalue weighted by Crippen LogP contribution is -2.43. The van der Waals surface area contributed by atoms with Crippen molar-refractivity contribution >= 4 is 35.8 Å². The van der Waals surface area contributed by atoms with Crippen LogP contribution in [0.5, 0.6) is 0 Å². The maximum atomic E-state index is 12.3. The topological polar surface area (TPSA) is 71.5 Å². The van der Waals surface area contributed by atoms with Gasteiger partial charge in [0.05, 0.1) is 16.4 Å². The molecule has 1 fully saturated rings. The van der Waals surface area contributed by atoms with E-state index in [4.69, 9.17) is 0 Å². The molecule has 1 aromatic rings. The van der Waals surface area contributed by atoms with Crippen molar-refractivity contribution in [3.05, 3.63) is 28.7 Å². The van der Waals surface area contributed by atoms with Crippen molar-refractivity contribution in [3.8, 4) is 0 Å². The Morgan fingerprint density at radius 1 is 1.17 bits per heavy atom. The molecule has 100 valence electrons. The number of nitrogens with zero attached hydrogens (tertiary/aromatic N) is 1. The van der Waals surface area contributed by atoms with Crippen molar-refractivity contribution in [2.24, 2.45) is 0 Å². The van der Waals surface area contributed by atoms with Gasteiger partial charge in [0.25, 0.3) is 0 Å². The molecule has 1 saturated heterocycles. The van der Waals surface area contributed by atoms with Crippen molar-refractivity contribution in [2.75, 3.05) is 24.6 Å². The highest BCUT2D eigenvalue weighted by Crippen LogP contribution is 2.21. The van der Waals surface area contributed by atoms with Gasteiger partial charge in [0, 0.05) is 17.6 Å². The largest absolute Gasteiger partial charge is 0.243 e. The van der Waals surface area contributed by atoms with Gasteiger partial charge < -0.3 is 0 Å². The van der Waals surface area contributed by atoms with E-state index in [1.54, 1.807) is 12.1 Å². The molecule has 0 aromatic heterocycles. The predicted molar refractivity (Wildman–Crippen MR) is 71.6 cm³/mol. The van der Waals surface area contributed by atoms with Crippen molar-refractivity contribution in [2.45, 2.75) is 4.90 Å². The predicted octanol–water partition coefficient (Wildman–Crippen LogP) is 0.868. The van der Waals surface area contributed by atoms with Gasteiger partial charge in [-0.3, -0.25) is 0 Å². The fraction of sp³-hybridized carbons (Fsp3) is 0.400. The highest BCUT2D eigenvalue weighted by atomic mass is 79.9. The van der Waals surface area contributed by atoms with E-state index in [9.17, 15) is 16.8 Å². The fourth-order valence-electron chi connectivity index (χ4n) is 1.71. The molecule has 0 amide bonds. The first-order valence-electron chi connectivity index (χ1n) is 5.27. The standard InChI is InChI=1S/C10H12BrNO4S2/c11-9-2-1-3-10(8-9)18(15,16)12-4-6-17(13,14)7-5-12/h1-3,8H,4-7H2. The summed E-state index contributed by atoms with van der Waals surface area (Å²) in [5, 5.41) is 0. The number of rotatable bonds is 2. The van der Waals surface area contributed by atoms with E-state index in [0.717, 1.165) is 0 Å². The lowest BCUT2D eigenvalue weighted by molar-refractivity contribution is 0.430. The van der Waals surface area contributed by atoms with Crippen molar-refractivity contribution in [1.29, 1.82) is 0 Å². The van der Waals surface area contributed by atoms with E-state index in [2.05, 4.69) is 15.9 Å². The molecule has 0 spiro atoms. The number of halogens is 1. The van der Waals surface area contributed by atoms with Gasteiger partial charge in [-0.25, -0.2) is 16.8 Å². The zero-order valence-corrected chi connectivity index (χ0v) is 12.6. The van der Waals surface area contributed by atoms with Gasteiger partial charge in [0.1, 0.15) is 0 Å². The summed E-state index contributed by atoms with van der Waals surface area (Å²) < 4.78 is 49.0. The van der Waals surface area contributed by atoms with Crippen LogP contribution in [0, 0.1) is 0 Å². The maximum absolute atomic E-state index is 12.3. The Balaban J connectivity index is 2.28. The molecule has 1 aromatic carbocycles.